The van der Waals surface area contributed by atoms with Gasteiger partial charge in [0.15, 0.2) is 23.0 Å². The Balaban J connectivity index is 1.82. The number of hydrogen-bond donors (Lipinski definition) is 2. The second-order valence-electron chi connectivity index (χ2n) is 4.34. The minimum Gasteiger partial charge on any atom is -0.493 e. The van der Waals surface area contributed by atoms with E-state index in [1.54, 1.807) is 25.3 Å². The van der Waals surface area contributed by atoms with E-state index in [0.717, 1.165) is 0 Å². The van der Waals surface area contributed by atoms with Crippen LogP contribution in [-0.4, -0.2) is 45.9 Å². The summed E-state index contributed by atoms with van der Waals surface area (Å²) >= 11 is 0. The normalized spacial score (nSPS) is 10.3. The largest absolute Gasteiger partial charge is 0.493 e. The summed E-state index contributed by atoms with van der Waals surface area (Å²) in [6.07, 6.45) is 0. The molecule has 3 aromatic rings. The lowest BCUT2D eigenvalue weighted by molar-refractivity contribution is 0.101. The number of methoxy groups -OCH3 is 2. The van der Waals surface area contributed by atoms with Crippen LogP contribution < -0.4 is 14.8 Å². The third-order valence-electron chi connectivity index (χ3n) is 2.98. The predicted octanol–water partition coefficient (Wildman–Crippen LogP) is 1.12. The Hall–Kier alpha value is -3.43. The van der Waals surface area contributed by atoms with Crippen LogP contribution in [0.4, 0.5) is 5.95 Å². The van der Waals surface area contributed by atoms with E-state index >= 15 is 0 Å². The number of hydrogen-bond acceptors (Lipinski definition) is 8. The Kier molecular flexibility index (Phi) is 3.87. The zero-order valence-corrected chi connectivity index (χ0v) is 12.2. The average Bonchev–Trinajstić information content (AvgIpc) is 3.25. The molecule has 0 atom stereocenters. The molecule has 23 heavy (non-hydrogen) atoms. The maximum absolute atomic E-state index is 12.0. The molecule has 1 amide bonds. The first-order chi connectivity index (χ1) is 11.2. The third kappa shape index (κ3) is 2.95. The molecule has 0 aliphatic rings. The maximum atomic E-state index is 12.0. The molecule has 0 radical (unpaired) electrons. The Morgan fingerprint density at radius 2 is 2.04 bits per heavy atom. The van der Waals surface area contributed by atoms with Crippen LogP contribution in [0.15, 0.2) is 28.8 Å². The molecule has 0 saturated carbocycles. The van der Waals surface area contributed by atoms with Crippen molar-refractivity contribution in [3.63, 3.8) is 0 Å². The topological polar surface area (TPSA) is 128 Å². The van der Waals surface area contributed by atoms with E-state index in [1.165, 1.54) is 13.2 Å². The third-order valence-corrected chi connectivity index (χ3v) is 2.98. The van der Waals surface area contributed by atoms with Crippen molar-refractivity contribution < 1.29 is 18.8 Å². The van der Waals surface area contributed by atoms with Gasteiger partial charge in [0.1, 0.15) is 0 Å². The van der Waals surface area contributed by atoms with Crippen molar-refractivity contribution >= 4 is 11.9 Å². The first kappa shape index (κ1) is 14.5. The molecule has 0 aliphatic carbocycles. The number of tetrazole rings is 1. The van der Waals surface area contributed by atoms with Crippen molar-refractivity contribution in [2.75, 3.05) is 19.5 Å². The number of aromatic nitrogens is 5. The Bertz CT molecular complexity index is 814. The highest BCUT2D eigenvalue weighted by Crippen LogP contribution is 2.32. The number of aromatic amines is 1. The smallest absolute Gasteiger partial charge is 0.280 e. The average molecular weight is 316 g/mol. The zero-order chi connectivity index (χ0) is 16.2. The number of ether oxygens (including phenoxy) is 2. The number of nitrogens with zero attached hydrogens (tertiary/aromatic N) is 4. The molecule has 10 nitrogen and oxygen atoms in total. The molecule has 0 fully saturated rings. The monoisotopic (exact) mass is 316 g/mol. The molecule has 0 unspecified atom stereocenters. The summed E-state index contributed by atoms with van der Waals surface area (Å²) in [6.45, 7) is 0. The van der Waals surface area contributed by atoms with E-state index in [2.05, 4.69) is 31.1 Å². The number of rotatable bonds is 5. The van der Waals surface area contributed by atoms with Gasteiger partial charge in [-0.15, -0.1) is 5.10 Å². The number of carbonyl (C=O) groups is 1. The molecule has 0 saturated heterocycles. The summed E-state index contributed by atoms with van der Waals surface area (Å²) in [6, 6.07) is 6.72. The summed E-state index contributed by atoms with van der Waals surface area (Å²) in [5.41, 5.74) is 0.772. The summed E-state index contributed by atoms with van der Waals surface area (Å²) in [5.74, 6) is 1.07. The van der Waals surface area contributed by atoms with Crippen molar-refractivity contribution in [2.45, 2.75) is 0 Å². The fourth-order valence-corrected chi connectivity index (χ4v) is 1.89. The van der Waals surface area contributed by atoms with Crippen molar-refractivity contribution in [3.05, 3.63) is 30.0 Å². The lowest BCUT2D eigenvalue weighted by atomic mass is 10.1. The lowest BCUT2D eigenvalue weighted by Gasteiger charge is -2.07. The highest BCUT2D eigenvalue weighted by atomic mass is 16.5. The molecular weight excluding hydrogens is 304 g/mol. The van der Waals surface area contributed by atoms with Crippen LogP contribution in [0.2, 0.25) is 0 Å². The van der Waals surface area contributed by atoms with Gasteiger partial charge in [-0.3, -0.25) is 10.1 Å². The van der Waals surface area contributed by atoms with Crippen LogP contribution in [0.25, 0.3) is 11.3 Å². The fraction of sp³-hybridized carbons (Fsp3) is 0.154. The molecule has 3 rings (SSSR count). The van der Waals surface area contributed by atoms with E-state index in [9.17, 15) is 4.79 Å². The highest BCUT2D eigenvalue weighted by Gasteiger charge is 2.16. The molecule has 1 aromatic carbocycles. The standard InChI is InChI=1S/C13H12N6O4/c1-21-9-4-3-7(5-11(9)22-2)10-6-8(17-23-10)12(20)14-13-15-18-19-16-13/h3-6H,1-2H3,(H2,14,15,16,18,19,20). The van der Waals surface area contributed by atoms with Gasteiger partial charge in [0.2, 0.25) is 0 Å². The highest BCUT2D eigenvalue weighted by molar-refractivity contribution is 6.02. The first-order valence-electron chi connectivity index (χ1n) is 6.45. The zero-order valence-electron chi connectivity index (χ0n) is 12.2. The molecule has 2 N–H and O–H groups in total. The SMILES string of the molecule is COc1ccc(-c2cc(C(=O)Nc3nn[nH]n3)no2)cc1OC. The van der Waals surface area contributed by atoms with E-state index < -0.39 is 5.91 Å². The van der Waals surface area contributed by atoms with Crippen molar-refractivity contribution in [1.29, 1.82) is 0 Å². The summed E-state index contributed by atoms with van der Waals surface area (Å²) in [4.78, 5) is 12.0. The molecule has 0 aliphatic heterocycles. The summed E-state index contributed by atoms with van der Waals surface area (Å²) < 4.78 is 15.6. The number of carbonyl (C=O) groups excluding carboxylic acids is 1. The van der Waals surface area contributed by atoms with E-state index in [4.69, 9.17) is 14.0 Å². The number of nitrogens with one attached hydrogen (secondary N) is 2. The van der Waals surface area contributed by atoms with Gasteiger partial charge in [0, 0.05) is 11.6 Å². The van der Waals surface area contributed by atoms with Gasteiger partial charge in [0.05, 0.1) is 14.2 Å². The van der Waals surface area contributed by atoms with Crippen LogP contribution in [0, 0.1) is 0 Å². The van der Waals surface area contributed by atoms with Gasteiger partial charge in [-0.25, -0.2) is 0 Å². The first-order valence-corrected chi connectivity index (χ1v) is 6.45. The number of amides is 1. The maximum Gasteiger partial charge on any atom is 0.280 e. The Morgan fingerprint density at radius 1 is 1.22 bits per heavy atom. The predicted molar refractivity (Wildman–Crippen MR) is 77.2 cm³/mol. The van der Waals surface area contributed by atoms with Crippen LogP contribution in [0.3, 0.4) is 0 Å². The number of H-pyrrole nitrogens is 1. The van der Waals surface area contributed by atoms with Crippen LogP contribution >= 0.6 is 0 Å². The second kappa shape index (κ2) is 6.13. The van der Waals surface area contributed by atoms with Gasteiger partial charge in [-0.05, 0) is 23.4 Å². The number of anilines is 1. The minimum absolute atomic E-state index is 0.0469. The van der Waals surface area contributed by atoms with Gasteiger partial charge in [0.25, 0.3) is 11.9 Å². The summed E-state index contributed by atoms with van der Waals surface area (Å²) in [7, 11) is 3.08. The molecular formula is C13H12N6O4. The van der Waals surface area contributed by atoms with E-state index in [-0.39, 0.29) is 11.6 Å². The molecule has 10 heteroatoms. The summed E-state index contributed by atoms with van der Waals surface area (Å²) in [5, 5.41) is 19.0. The Labute approximate surface area is 129 Å². The van der Waals surface area contributed by atoms with Gasteiger partial charge in [-0.2, -0.15) is 5.21 Å². The molecule has 2 heterocycles. The van der Waals surface area contributed by atoms with Crippen LogP contribution in [-0.2, 0) is 0 Å². The number of benzene rings is 1. The lowest BCUT2D eigenvalue weighted by Crippen LogP contribution is -2.13. The van der Waals surface area contributed by atoms with Crippen molar-refractivity contribution in [2.24, 2.45) is 0 Å². The quantitative estimate of drug-likeness (QED) is 0.716. The molecule has 0 spiro atoms. The van der Waals surface area contributed by atoms with Crippen molar-refractivity contribution in [3.8, 4) is 22.8 Å². The Morgan fingerprint density at radius 3 is 2.74 bits per heavy atom. The van der Waals surface area contributed by atoms with E-state index in [1.807, 2.05) is 0 Å². The van der Waals surface area contributed by atoms with Gasteiger partial charge in [-0.1, -0.05) is 10.3 Å². The van der Waals surface area contributed by atoms with Gasteiger partial charge < -0.3 is 14.0 Å². The van der Waals surface area contributed by atoms with Crippen molar-refractivity contribution in [1.82, 2.24) is 25.8 Å². The fourth-order valence-electron chi connectivity index (χ4n) is 1.89. The molecule has 118 valence electrons. The second-order valence-corrected chi connectivity index (χ2v) is 4.34. The van der Waals surface area contributed by atoms with Crippen LogP contribution in [0.5, 0.6) is 11.5 Å². The minimum atomic E-state index is -0.512. The van der Waals surface area contributed by atoms with E-state index in [0.29, 0.717) is 22.8 Å². The molecule has 0 bridgehead atoms. The van der Waals surface area contributed by atoms with Gasteiger partial charge >= 0.3 is 0 Å². The molecule has 2 aromatic heterocycles. The van der Waals surface area contributed by atoms with Crippen LogP contribution in [0.1, 0.15) is 10.5 Å².